The highest BCUT2D eigenvalue weighted by atomic mass is 35.5. The Morgan fingerprint density at radius 3 is 2.48 bits per heavy atom. The number of piperazine rings is 1. The van der Waals surface area contributed by atoms with E-state index in [1.165, 1.54) is 0 Å². The molecule has 0 bridgehead atoms. The van der Waals surface area contributed by atoms with Crippen molar-refractivity contribution >= 4 is 34.9 Å². The smallest absolute Gasteiger partial charge is 0.321 e. The largest absolute Gasteiger partial charge is 0.322 e. The average molecular weight is 432 g/mol. The fourth-order valence-electron chi connectivity index (χ4n) is 3.17. The molecule has 10 heteroatoms. The van der Waals surface area contributed by atoms with Crippen molar-refractivity contribution in [3.05, 3.63) is 64.4 Å². The number of benzene rings is 2. The minimum atomic E-state index is -0.127. The first-order valence-corrected chi connectivity index (χ1v) is 9.91. The van der Waals surface area contributed by atoms with Crippen molar-refractivity contribution in [2.45, 2.75) is 6.54 Å². The molecule has 150 valence electrons. The van der Waals surface area contributed by atoms with Gasteiger partial charge >= 0.3 is 6.03 Å². The molecule has 1 fully saturated rings. The summed E-state index contributed by atoms with van der Waals surface area (Å²) in [6.07, 6.45) is 0. The van der Waals surface area contributed by atoms with Gasteiger partial charge in [-0.15, -0.1) is 5.10 Å². The van der Waals surface area contributed by atoms with Crippen molar-refractivity contribution in [1.82, 2.24) is 30.0 Å². The van der Waals surface area contributed by atoms with Gasteiger partial charge in [0.15, 0.2) is 5.82 Å². The summed E-state index contributed by atoms with van der Waals surface area (Å²) in [5, 5.41) is 16.2. The second-order valence-electron chi connectivity index (χ2n) is 6.69. The topological polar surface area (TPSA) is 79.2 Å². The molecule has 0 aliphatic carbocycles. The predicted molar refractivity (Wildman–Crippen MR) is 111 cm³/mol. The van der Waals surface area contributed by atoms with Crippen LogP contribution in [-0.4, -0.2) is 62.2 Å². The average Bonchev–Trinajstić information content (AvgIpc) is 3.17. The summed E-state index contributed by atoms with van der Waals surface area (Å²) in [6.45, 7) is 3.30. The van der Waals surface area contributed by atoms with Crippen LogP contribution in [0.3, 0.4) is 0 Å². The molecule has 1 aliphatic rings. The normalized spacial score (nSPS) is 14.8. The molecule has 8 nitrogen and oxygen atoms in total. The molecule has 1 saturated heterocycles. The zero-order valence-corrected chi connectivity index (χ0v) is 17.0. The number of rotatable bonds is 4. The summed E-state index contributed by atoms with van der Waals surface area (Å²) in [5.74, 6) is 0.740. The zero-order chi connectivity index (χ0) is 20.2. The molecule has 1 aliphatic heterocycles. The zero-order valence-electron chi connectivity index (χ0n) is 15.5. The number of aromatic nitrogens is 4. The second-order valence-corrected chi connectivity index (χ2v) is 7.56. The fourth-order valence-corrected chi connectivity index (χ4v) is 3.48. The molecule has 3 aromatic rings. The predicted octanol–water partition coefficient (Wildman–Crippen LogP) is 3.32. The molecule has 0 saturated carbocycles. The Kier molecular flexibility index (Phi) is 5.94. The van der Waals surface area contributed by atoms with Crippen LogP contribution in [0.25, 0.3) is 5.69 Å². The minimum absolute atomic E-state index is 0.127. The highest BCUT2D eigenvalue weighted by Crippen LogP contribution is 2.17. The number of nitrogens with zero attached hydrogens (tertiary/aromatic N) is 6. The third kappa shape index (κ3) is 4.84. The Balaban J connectivity index is 1.33. The van der Waals surface area contributed by atoms with E-state index >= 15 is 0 Å². The van der Waals surface area contributed by atoms with E-state index in [0.29, 0.717) is 35.4 Å². The van der Waals surface area contributed by atoms with Gasteiger partial charge in [0, 0.05) is 41.9 Å². The van der Waals surface area contributed by atoms with E-state index in [2.05, 4.69) is 25.7 Å². The SMILES string of the molecule is O=C(Nc1cccc(Cl)c1)N1CCN(Cc2nnnn2-c2ccc(Cl)cc2)CC1. The van der Waals surface area contributed by atoms with Gasteiger partial charge in [0.25, 0.3) is 0 Å². The van der Waals surface area contributed by atoms with Gasteiger partial charge < -0.3 is 10.2 Å². The number of hydrogen-bond acceptors (Lipinski definition) is 5. The summed E-state index contributed by atoms with van der Waals surface area (Å²) in [4.78, 5) is 16.5. The molecule has 2 amide bonds. The number of urea groups is 1. The van der Waals surface area contributed by atoms with E-state index in [-0.39, 0.29) is 6.03 Å². The molecule has 0 atom stereocenters. The summed E-state index contributed by atoms with van der Waals surface area (Å²) < 4.78 is 1.70. The molecule has 0 unspecified atom stereocenters. The van der Waals surface area contributed by atoms with Crippen molar-refractivity contribution in [2.24, 2.45) is 0 Å². The van der Waals surface area contributed by atoms with Crippen molar-refractivity contribution < 1.29 is 4.79 Å². The lowest BCUT2D eigenvalue weighted by atomic mass is 10.3. The fraction of sp³-hybridized carbons (Fsp3) is 0.263. The van der Waals surface area contributed by atoms with Gasteiger partial charge in [-0.05, 0) is 52.9 Å². The van der Waals surface area contributed by atoms with E-state index in [1.54, 1.807) is 39.9 Å². The van der Waals surface area contributed by atoms with Gasteiger partial charge in [0.2, 0.25) is 0 Å². The number of hydrogen-bond donors (Lipinski definition) is 1. The molecule has 0 spiro atoms. The maximum absolute atomic E-state index is 12.5. The summed E-state index contributed by atoms with van der Waals surface area (Å²) in [5.41, 5.74) is 1.54. The standard InChI is InChI=1S/C19H19Cl2N7O/c20-14-4-6-17(7-5-14)28-18(23-24-25-28)13-26-8-10-27(11-9-26)19(29)22-16-3-1-2-15(21)12-16/h1-7,12H,8-11,13H2,(H,22,29). The van der Waals surface area contributed by atoms with Crippen LogP contribution < -0.4 is 5.32 Å². The molecule has 1 N–H and O–H groups in total. The second kappa shape index (κ2) is 8.77. The summed E-state index contributed by atoms with van der Waals surface area (Å²) in [7, 11) is 0. The molecule has 29 heavy (non-hydrogen) atoms. The monoisotopic (exact) mass is 431 g/mol. The van der Waals surface area contributed by atoms with Crippen molar-refractivity contribution in [1.29, 1.82) is 0 Å². The first-order chi connectivity index (χ1) is 14.1. The first-order valence-electron chi connectivity index (χ1n) is 9.15. The van der Waals surface area contributed by atoms with Gasteiger partial charge in [0.1, 0.15) is 0 Å². The number of amides is 2. The quantitative estimate of drug-likeness (QED) is 0.685. The lowest BCUT2D eigenvalue weighted by molar-refractivity contribution is 0.140. The highest BCUT2D eigenvalue weighted by Gasteiger charge is 2.23. The Morgan fingerprint density at radius 2 is 1.76 bits per heavy atom. The molecule has 4 rings (SSSR count). The van der Waals surface area contributed by atoms with Crippen LogP contribution >= 0.6 is 23.2 Å². The van der Waals surface area contributed by atoms with E-state index < -0.39 is 0 Å². The Bertz CT molecular complexity index is 984. The number of nitrogens with one attached hydrogen (secondary N) is 1. The van der Waals surface area contributed by atoms with Gasteiger partial charge in [-0.2, -0.15) is 4.68 Å². The minimum Gasteiger partial charge on any atom is -0.322 e. The highest BCUT2D eigenvalue weighted by molar-refractivity contribution is 6.31. The van der Waals surface area contributed by atoms with Crippen LogP contribution in [-0.2, 0) is 6.54 Å². The van der Waals surface area contributed by atoms with Gasteiger partial charge in [-0.25, -0.2) is 4.79 Å². The number of anilines is 1. The first kappa shape index (κ1) is 19.6. The molecule has 2 aromatic carbocycles. The van der Waals surface area contributed by atoms with E-state index in [1.807, 2.05) is 18.2 Å². The van der Waals surface area contributed by atoms with Crippen molar-refractivity contribution in [2.75, 3.05) is 31.5 Å². The van der Waals surface area contributed by atoms with E-state index in [9.17, 15) is 4.79 Å². The van der Waals surface area contributed by atoms with Crippen molar-refractivity contribution in [3.63, 3.8) is 0 Å². The molecular formula is C19H19Cl2N7O. The summed E-state index contributed by atoms with van der Waals surface area (Å²) in [6, 6.07) is 14.4. The molecule has 2 heterocycles. The maximum Gasteiger partial charge on any atom is 0.321 e. The van der Waals surface area contributed by atoms with Crippen LogP contribution in [0.5, 0.6) is 0 Å². The van der Waals surface area contributed by atoms with Crippen LogP contribution in [0.1, 0.15) is 5.82 Å². The molecular weight excluding hydrogens is 413 g/mol. The van der Waals surface area contributed by atoms with Gasteiger partial charge in [-0.3, -0.25) is 4.90 Å². The van der Waals surface area contributed by atoms with Crippen LogP contribution in [0.2, 0.25) is 10.0 Å². The van der Waals surface area contributed by atoms with Gasteiger partial charge in [0.05, 0.1) is 12.2 Å². The van der Waals surface area contributed by atoms with Crippen LogP contribution in [0, 0.1) is 0 Å². The lowest BCUT2D eigenvalue weighted by Gasteiger charge is -2.34. The van der Waals surface area contributed by atoms with E-state index in [0.717, 1.165) is 24.6 Å². The lowest BCUT2D eigenvalue weighted by Crippen LogP contribution is -2.49. The number of halogens is 2. The number of carbonyl (C=O) groups excluding carboxylic acids is 1. The Morgan fingerprint density at radius 1 is 1.00 bits per heavy atom. The molecule has 1 aromatic heterocycles. The number of tetrazole rings is 1. The Labute approximate surface area is 178 Å². The third-order valence-electron chi connectivity index (χ3n) is 4.71. The molecule has 0 radical (unpaired) electrons. The maximum atomic E-state index is 12.5. The third-order valence-corrected chi connectivity index (χ3v) is 5.19. The van der Waals surface area contributed by atoms with Gasteiger partial charge in [-0.1, -0.05) is 29.3 Å². The van der Waals surface area contributed by atoms with Crippen molar-refractivity contribution in [3.8, 4) is 5.69 Å². The Hall–Kier alpha value is -2.68. The van der Waals surface area contributed by atoms with Crippen LogP contribution in [0.15, 0.2) is 48.5 Å². The summed E-state index contributed by atoms with van der Waals surface area (Å²) >= 11 is 11.9. The van der Waals surface area contributed by atoms with E-state index in [4.69, 9.17) is 23.2 Å². The number of carbonyl (C=O) groups is 1. The van der Waals surface area contributed by atoms with Crippen LogP contribution in [0.4, 0.5) is 10.5 Å².